The summed E-state index contributed by atoms with van der Waals surface area (Å²) in [5, 5.41) is 0. The minimum absolute atomic E-state index is 0. The van der Waals surface area contributed by atoms with Crippen LogP contribution in [0.25, 0.3) is 0 Å². The fourth-order valence-electron chi connectivity index (χ4n) is 2.14. The second-order valence-electron chi connectivity index (χ2n) is 4.71. The molecule has 1 aromatic rings. The quantitative estimate of drug-likeness (QED) is 0.154. The molecule has 0 nitrogen and oxygen atoms in total. The zero-order chi connectivity index (χ0) is 22.0. The Bertz CT molecular complexity index is 678. The van der Waals surface area contributed by atoms with Gasteiger partial charge in [0, 0.05) is 32.7 Å². The third-order valence-electron chi connectivity index (χ3n) is 2.89. The molecule has 0 atom stereocenters. The molecule has 0 fully saturated rings. The van der Waals surface area contributed by atoms with E-state index in [9.17, 15) is 0 Å². The van der Waals surface area contributed by atoms with E-state index in [2.05, 4.69) is 12.6 Å². The van der Waals surface area contributed by atoms with E-state index in [1.807, 2.05) is 0 Å². The second-order valence-corrected chi connectivity index (χ2v) is 16.6. The molecule has 0 saturated carbocycles. The van der Waals surface area contributed by atoms with Gasteiger partial charge in [0.25, 0.3) is 0 Å². The van der Waals surface area contributed by atoms with E-state index in [1.165, 1.54) is 0 Å². The van der Waals surface area contributed by atoms with Gasteiger partial charge in [0.2, 0.25) is 19.0 Å². The standard InChI is InChI=1S/C11HCl15S.Na.H/c12-7(13,14)1-2(8(15,16)17)4(10(21,22)23)6(27)5(11(24,25)26)3(1)9(18,19)20;;/h27H;;. The molecule has 0 bridgehead atoms. The van der Waals surface area contributed by atoms with Crippen molar-refractivity contribution in [2.45, 2.75) is 23.9 Å². The number of alkyl halides is 15. The van der Waals surface area contributed by atoms with Crippen molar-refractivity contribution in [3.63, 3.8) is 0 Å². The van der Waals surface area contributed by atoms with Gasteiger partial charge < -0.3 is 0 Å². The van der Waals surface area contributed by atoms with Crippen LogP contribution >= 0.6 is 187 Å². The average Bonchev–Trinajstić information content (AvgIpc) is 2.29. The number of benzene rings is 1. The van der Waals surface area contributed by atoms with Gasteiger partial charge in [0.1, 0.15) is 0 Å². The van der Waals surface area contributed by atoms with Crippen molar-refractivity contribution in [1.82, 2.24) is 0 Å². The van der Waals surface area contributed by atoms with Gasteiger partial charge in [-0.3, -0.25) is 0 Å². The Labute approximate surface area is 263 Å². The number of halogens is 15. The average molecular weight is 721 g/mol. The van der Waals surface area contributed by atoms with Gasteiger partial charge in [-0.15, -0.1) is 12.6 Å². The van der Waals surface area contributed by atoms with Gasteiger partial charge in [0.05, 0.1) is 0 Å². The van der Waals surface area contributed by atoms with Crippen LogP contribution in [0, 0.1) is 0 Å². The summed E-state index contributed by atoms with van der Waals surface area (Å²) in [5.74, 6) is 0. The molecule has 0 heterocycles. The topological polar surface area (TPSA) is 0 Å². The van der Waals surface area contributed by atoms with Crippen molar-refractivity contribution < 1.29 is 0 Å². The zero-order valence-electron chi connectivity index (χ0n) is 11.6. The van der Waals surface area contributed by atoms with Gasteiger partial charge in [0.15, 0.2) is 0 Å². The summed E-state index contributed by atoms with van der Waals surface area (Å²) < 4.78 is -11.6. The minimum atomic E-state index is -2.38. The maximum atomic E-state index is 6.07. The van der Waals surface area contributed by atoms with Crippen molar-refractivity contribution in [1.29, 1.82) is 0 Å². The van der Waals surface area contributed by atoms with Crippen LogP contribution in [0.15, 0.2) is 4.90 Å². The van der Waals surface area contributed by atoms with E-state index in [4.69, 9.17) is 174 Å². The van der Waals surface area contributed by atoms with Gasteiger partial charge >= 0.3 is 29.6 Å². The summed E-state index contributed by atoms with van der Waals surface area (Å²) in [5.41, 5.74) is -2.01. The normalized spacial score (nSPS) is 14.1. The summed E-state index contributed by atoms with van der Waals surface area (Å²) in [7, 11) is 0. The number of hydrogen-bond donors (Lipinski definition) is 1. The van der Waals surface area contributed by atoms with Crippen LogP contribution < -0.4 is 0 Å². The van der Waals surface area contributed by atoms with Crippen LogP contribution in [0.4, 0.5) is 0 Å². The molecule has 0 aliphatic heterocycles. The Balaban J connectivity index is 0.00000729. The Morgan fingerprint density at radius 1 is 0.357 bits per heavy atom. The zero-order valence-corrected chi connectivity index (χ0v) is 23.9. The summed E-state index contributed by atoms with van der Waals surface area (Å²) in [4.78, 5) is -0.268. The summed E-state index contributed by atoms with van der Waals surface area (Å²) in [6, 6.07) is 0. The van der Waals surface area contributed by atoms with E-state index in [0.29, 0.717) is 0 Å². The van der Waals surface area contributed by atoms with Crippen LogP contribution in [-0.2, 0) is 19.0 Å². The van der Waals surface area contributed by atoms with Crippen molar-refractivity contribution in [3.05, 3.63) is 27.8 Å². The molecule has 0 spiro atoms. The molecule has 28 heavy (non-hydrogen) atoms. The first-order chi connectivity index (χ1) is 11.5. The van der Waals surface area contributed by atoms with Crippen LogP contribution in [0.3, 0.4) is 0 Å². The molecule has 0 aromatic heterocycles. The second kappa shape index (κ2) is 10.9. The molecule has 0 saturated heterocycles. The molecular formula is C11H2Cl15NaS. The van der Waals surface area contributed by atoms with Crippen molar-refractivity contribution in [2.75, 3.05) is 0 Å². The van der Waals surface area contributed by atoms with E-state index < -0.39 is 35.7 Å². The summed E-state index contributed by atoms with van der Waals surface area (Å²) in [6.07, 6.45) is 0. The maximum absolute atomic E-state index is 6.07. The number of thiol groups is 1. The predicted molar refractivity (Wildman–Crippen MR) is 137 cm³/mol. The fourth-order valence-corrected chi connectivity index (χ4v) is 5.93. The van der Waals surface area contributed by atoms with Crippen molar-refractivity contribution >= 4 is 216 Å². The summed E-state index contributed by atoms with van der Waals surface area (Å²) >= 11 is 95.0. The van der Waals surface area contributed by atoms with Gasteiger partial charge in [-0.1, -0.05) is 174 Å². The van der Waals surface area contributed by atoms with Crippen LogP contribution in [0.5, 0.6) is 0 Å². The van der Waals surface area contributed by atoms with E-state index in [0.717, 1.165) is 0 Å². The monoisotopic (exact) mass is 714 g/mol. The van der Waals surface area contributed by atoms with E-state index in [-0.39, 0.29) is 45.6 Å². The molecular weight excluding hydrogens is 719 g/mol. The molecule has 0 aliphatic rings. The first-order valence-electron chi connectivity index (χ1n) is 5.81. The van der Waals surface area contributed by atoms with Crippen LogP contribution in [0.1, 0.15) is 27.8 Å². The van der Waals surface area contributed by atoms with Gasteiger partial charge in [-0.2, -0.15) is 0 Å². The molecule has 158 valence electrons. The Hall–Kier alpha value is 4.92. The van der Waals surface area contributed by atoms with Crippen LogP contribution in [0.2, 0.25) is 0 Å². The molecule has 1 aromatic carbocycles. The molecule has 0 amide bonds. The van der Waals surface area contributed by atoms with Crippen LogP contribution in [-0.4, -0.2) is 29.6 Å². The summed E-state index contributed by atoms with van der Waals surface area (Å²) in [6.45, 7) is 0. The third kappa shape index (κ3) is 7.97. The number of hydrogen-bond acceptors (Lipinski definition) is 1. The Morgan fingerprint density at radius 2 is 0.500 bits per heavy atom. The van der Waals surface area contributed by atoms with E-state index >= 15 is 0 Å². The van der Waals surface area contributed by atoms with Gasteiger partial charge in [-0.05, 0) is 0 Å². The molecule has 0 N–H and O–H groups in total. The molecule has 0 aliphatic carbocycles. The SMILES string of the molecule is Sc1c(C(Cl)(Cl)Cl)c(C(Cl)(Cl)Cl)c(C(Cl)(Cl)Cl)c(C(Cl)(Cl)Cl)c1C(Cl)(Cl)Cl.[NaH]. The Morgan fingerprint density at radius 3 is 0.643 bits per heavy atom. The van der Waals surface area contributed by atoms with E-state index in [1.54, 1.807) is 0 Å². The molecule has 1 rings (SSSR count). The Kier molecular flexibility index (Phi) is 12.8. The molecule has 0 radical (unpaired) electrons. The third-order valence-corrected chi connectivity index (χ3v) is 6.17. The predicted octanol–water partition coefficient (Wildman–Crippen LogP) is 10.5. The first-order valence-corrected chi connectivity index (χ1v) is 11.9. The fraction of sp³-hybridized carbons (Fsp3) is 0.455. The first kappa shape index (κ1) is 32.9. The van der Waals surface area contributed by atoms with Gasteiger partial charge in [-0.25, -0.2) is 0 Å². The van der Waals surface area contributed by atoms with Crippen molar-refractivity contribution in [3.8, 4) is 0 Å². The van der Waals surface area contributed by atoms with Crippen molar-refractivity contribution in [2.24, 2.45) is 0 Å². The number of rotatable bonds is 0. The molecule has 0 unspecified atom stereocenters. The molecule has 17 heteroatoms.